The van der Waals surface area contributed by atoms with Crippen LogP contribution in [0.4, 0.5) is 5.69 Å². The zero-order valence-electron chi connectivity index (χ0n) is 18.4. The molecule has 0 aliphatic carbocycles. The fourth-order valence-electron chi connectivity index (χ4n) is 4.22. The van der Waals surface area contributed by atoms with Crippen LogP contribution in [-0.4, -0.2) is 111 Å². The quantitative estimate of drug-likeness (QED) is 0.660. The van der Waals surface area contributed by atoms with Gasteiger partial charge in [0.25, 0.3) is 22.0 Å². The van der Waals surface area contributed by atoms with Crippen molar-refractivity contribution >= 4 is 27.7 Å². The summed E-state index contributed by atoms with van der Waals surface area (Å²) in [5.74, 6) is -0.371. The van der Waals surface area contributed by atoms with Gasteiger partial charge in [-0.15, -0.1) is 0 Å². The molecule has 3 aliphatic heterocycles. The normalized spacial score (nSPS) is 23.9. The Kier molecular flexibility index (Phi) is 7.11. The highest BCUT2D eigenvalue weighted by Gasteiger charge is 2.35. The molecule has 3 heterocycles. The summed E-state index contributed by atoms with van der Waals surface area (Å²) >= 11 is 0. The van der Waals surface area contributed by atoms with Crippen LogP contribution in [0.25, 0.3) is 0 Å². The number of rotatable bonds is 5. The van der Waals surface area contributed by atoms with Gasteiger partial charge in [-0.1, -0.05) is 6.07 Å². The van der Waals surface area contributed by atoms with Gasteiger partial charge in [-0.2, -0.15) is 17.0 Å². The third kappa shape index (κ3) is 5.12. The van der Waals surface area contributed by atoms with E-state index in [2.05, 4.69) is 10.2 Å². The number of likely N-dealkylation sites (N-methyl/N-ethyl adjacent to an activating group) is 1. The van der Waals surface area contributed by atoms with E-state index in [0.717, 1.165) is 19.5 Å². The van der Waals surface area contributed by atoms with Crippen molar-refractivity contribution in [3.63, 3.8) is 0 Å². The molecule has 0 radical (unpaired) electrons. The first-order valence-corrected chi connectivity index (χ1v) is 12.5. The van der Waals surface area contributed by atoms with Crippen LogP contribution in [0.2, 0.25) is 0 Å². The van der Waals surface area contributed by atoms with E-state index in [1.807, 2.05) is 7.05 Å². The number of hydrogen-bond acceptors (Lipinski definition) is 6. The number of benzene rings is 1. The second kappa shape index (κ2) is 9.84. The van der Waals surface area contributed by atoms with E-state index in [1.165, 1.54) is 8.61 Å². The number of ether oxygens (including phenoxy) is 1. The van der Waals surface area contributed by atoms with Crippen LogP contribution in [0, 0.1) is 0 Å². The zero-order valence-corrected chi connectivity index (χ0v) is 19.2. The van der Waals surface area contributed by atoms with Gasteiger partial charge in [0.2, 0.25) is 0 Å². The third-order valence-corrected chi connectivity index (χ3v) is 8.28. The molecule has 1 aromatic carbocycles. The topological polar surface area (TPSA) is 103 Å². The van der Waals surface area contributed by atoms with Gasteiger partial charge in [0, 0.05) is 70.2 Å². The average Bonchev–Trinajstić information content (AvgIpc) is 3.34. The van der Waals surface area contributed by atoms with Crippen molar-refractivity contribution in [1.29, 1.82) is 0 Å². The van der Waals surface area contributed by atoms with E-state index in [9.17, 15) is 18.0 Å². The van der Waals surface area contributed by atoms with Crippen LogP contribution in [0.1, 0.15) is 23.2 Å². The SMILES string of the molecule is CN1CCN(S(=O)(=O)N2CCN(C(=O)c3cccc(NC(=O)C4CCCO4)c3)CC2)CC1. The summed E-state index contributed by atoms with van der Waals surface area (Å²) in [6, 6.07) is 6.83. The monoisotopic (exact) mass is 465 g/mol. The molecule has 3 aliphatic rings. The molecule has 0 bridgehead atoms. The van der Waals surface area contributed by atoms with Gasteiger partial charge in [-0.05, 0) is 38.1 Å². The standard InChI is InChI=1S/C21H31N5O5S/c1-23-7-11-25(12-8-23)32(29,30)26-13-9-24(10-14-26)21(28)17-4-2-5-18(16-17)22-20(27)19-6-3-15-31-19/h2,4-5,16,19H,3,6-15H2,1H3,(H,22,27). The smallest absolute Gasteiger partial charge is 0.282 e. The highest BCUT2D eigenvalue weighted by atomic mass is 32.2. The molecule has 2 amide bonds. The molecule has 11 heteroatoms. The maximum absolute atomic E-state index is 13.0. The fraction of sp³-hybridized carbons (Fsp3) is 0.619. The van der Waals surface area contributed by atoms with Crippen molar-refractivity contribution in [1.82, 2.24) is 18.4 Å². The summed E-state index contributed by atoms with van der Waals surface area (Å²) < 4.78 is 34.3. The summed E-state index contributed by atoms with van der Waals surface area (Å²) in [5, 5.41) is 2.82. The molecule has 176 valence electrons. The summed E-state index contributed by atoms with van der Waals surface area (Å²) in [6.45, 7) is 4.22. The van der Waals surface area contributed by atoms with Crippen molar-refractivity contribution in [2.24, 2.45) is 0 Å². The number of nitrogens with one attached hydrogen (secondary N) is 1. The number of anilines is 1. The molecule has 10 nitrogen and oxygen atoms in total. The van der Waals surface area contributed by atoms with Crippen molar-refractivity contribution in [2.75, 3.05) is 71.3 Å². The number of piperazine rings is 2. The van der Waals surface area contributed by atoms with Crippen LogP contribution in [-0.2, 0) is 19.7 Å². The molecule has 1 unspecified atom stereocenters. The lowest BCUT2D eigenvalue weighted by Gasteiger charge is -2.39. The molecule has 1 atom stereocenters. The molecular formula is C21H31N5O5S. The second-order valence-electron chi connectivity index (χ2n) is 8.47. The molecule has 1 N–H and O–H groups in total. The van der Waals surface area contributed by atoms with E-state index in [-0.39, 0.29) is 24.9 Å². The Balaban J connectivity index is 1.33. The van der Waals surface area contributed by atoms with E-state index in [1.54, 1.807) is 29.2 Å². The predicted molar refractivity (Wildman–Crippen MR) is 120 cm³/mol. The fourth-order valence-corrected chi connectivity index (χ4v) is 5.80. The Bertz CT molecular complexity index is 934. The number of carbonyl (C=O) groups is 2. The maximum atomic E-state index is 13.0. The van der Waals surface area contributed by atoms with Gasteiger partial charge in [-0.3, -0.25) is 9.59 Å². The van der Waals surface area contributed by atoms with Gasteiger partial charge in [-0.25, -0.2) is 0 Å². The van der Waals surface area contributed by atoms with Crippen LogP contribution in [0.3, 0.4) is 0 Å². The minimum absolute atomic E-state index is 0.171. The Hall–Kier alpha value is -2.05. The molecule has 3 saturated heterocycles. The van der Waals surface area contributed by atoms with Gasteiger partial charge in [0.1, 0.15) is 6.10 Å². The first-order chi connectivity index (χ1) is 15.3. The summed E-state index contributed by atoms with van der Waals surface area (Å²) in [6.07, 6.45) is 1.13. The summed E-state index contributed by atoms with van der Waals surface area (Å²) in [5.41, 5.74) is 1.01. The number of carbonyl (C=O) groups excluding carboxylic acids is 2. The zero-order chi connectivity index (χ0) is 22.7. The first-order valence-electron chi connectivity index (χ1n) is 11.1. The van der Waals surface area contributed by atoms with Gasteiger partial charge in [0.15, 0.2) is 0 Å². The van der Waals surface area contributed by atoms with Crippen LogP contribution in [0.5, 0.6) is 0 Å². The van der Waals surface area contributed by atoms with Gasteiger partial charge >= 0.3 is 0 Å². The molecular weight excluding hydrogens is 434 g/mol. The first kappa shape index (κ1) is 23.1. The number of amides is 2. The van der Waals surface area contributed by atoms with Crippen molar-refractivity contribution in [2.45, 2.75) is 18.9 Å². The van der Waals surface area contributed by atoms with E-state index >= 15 is 0 Å². The van der Waals surface area contributed by atoms with E-state index in [0.29, 0.717) is 50.5 Å². The minimum atomic E-state index is -3.51. The van der Waals surface area contributed by atoms with Crippen LogP contribution >= 0.6 is 0 Å². The largest absolute Gasteiger partial charge is 0.368 e. The highest BCUT2D eigenvalue weighted by molar-refractivity contribution is 7.86. The van der Waals surface area contributed by atoms with Crippen molar-refractivity contribution in [3.8, 4) is 0 Å². The third-order valence-electron chi connectivity index (χ3n) is 6.24. The Morgan fingerprint density at radius 2 is 1.66 bits per heavy atom. The molecule has 0 aromatic heterocycles. The predicted octanol–water partition coefficient (Wildman–Crippen LogP) is 0.0541. The molecule has 32 heavy (non-hydrogen) atoms. The Morgan fingerprint density at radius 1 is 1.00 bits per heavy atom. The van der Waals surface area contributed by atoms with E-state index in [4.69, 9.17) is 4.74 Å². The number of hydrogen-bond donors (Lipinski definition) is 1. The van der Waals surface area contributed by atoms with Crippen molar-refractivity contribution < 1.29 is 22.7 Å². The Morgan fingerprint density at radius 3 is 2.28 bits per heavy atom. The summed E-state index contributed by atoms with van der Waals surface area (Å²) in [4.78, 5) is 29.0. The highest BCUT2D eigenvalue weighted by Crippen LogP contribution is 2.19. The Labute approximate surface area is 189 Å². The van der Waals surface area contributed by atoms with Crippen LogP contribution < -0.4 is 5.32 Å². The lowest BCUT2D eigenvalue weighted by Crippen LogP contribution is -2.57. The average molecular weight is 466 g/mol. The molecule has 4 rings (SSSR count). The van der Waals surface area contributed by atoms with E-state index < -0.39 is 16.3 Å². The lowest BCUT2D eigenvalue weighted by molar-refractivity contribution is -0.124. The molecule has 0 saturated carbocycles. The molecule has 0 spiro atoms. The number of nitrogens with zero attached hydrogens (tertiary/aromatic N) is 4. The van der Waals surface area contributed by atoms with Crippen LogP contribution in [0.15, 0.2) is 24.3 Å². The maximum Gasteiger partial charge on any atom is 0.282 e. The lowest BCUT2D eigenvalue weighted by atomic mass is 10.1. The van der Waals surface area contributed by atoms with Gasteiger partial charge in [0.05, 0.1) is 0 Å². The molecule has 1 aromatic rings. The molecule has 3 fully saturated rings. The second-order valence-corrected chi connectivity index (χ2v) is 10.4. The van der Waals surface area contributed by atoms with Gasteiger partial charge < -0.3 is 19.9 Å². The summed E-state index contributed by atoms with van der Waals surface area (Å²) in [7, 11) is -1.52. The van der Waals surface area contributed by atoms with Crippen molar-refractivity contribution in [3.05, 3.63) is 29.8 Å². The minimum Gasteiger partial charge on any atom is -0.368 e.